The highest BCUT2D eigenvalue weighted by Crippen LogP contribution is 2.43. The molecule has 1 saturated heterocycles. The lowest BCUT2D eigenvalue weighted by molar-refractivity contribution is -0.140. The number of rotatable bonds is 9. The average molecular weight is 455 g/mol. The van der Waals surface area contributed by atoms with Crippen LogP contribution in [0, 0.1) is 0 Å². The van der Waals surface area contributed by atoms with Crippen LogP contribution in [0.2, 0.25) is 0 Å². The molecule has 176 valence electrons. The minimum Gasteiger partial charge on any atom is -0.507 e. The first-order chi connectivity index (χ1) is 15.8. The Kier molecular flexibility index (Phi) is 7.60. The number of carbonyl (C=O) groups is 2. The van der Waals surface area contributed by atoms with E-state index in [4.69, 9.17) is 14.2 Å². The normalized spacial score (nSPS) is 17.5. The smallest absolute Gasteiger partial charge is 0.295 e. The fraction of sp³-hybridized carbons (Fsp3) is 0.360. The van der Waals surface area contributed by atoms with Gasteiger partial charge in [-0.15, -0.1) is 0 Å². The minimum atomic E-state index is -0.796. The Morgan fingerprint density at radius 3 is 2.18 bits per heavy atom. The molecule has 1 aliphatic rings. The zero-order valence-corrected chi connectivity index (χ0v) is 19.6. The molecule has 0 saturated carbocycles. The molecular weight excluding hydrogens is 424 g/mol. The van der Waals surface area contributed by atoms with Gasteiger partial charge in [0.25, 0.3) is 11.7 Å². The van der Waals surface area contributed by atoms with Crippen molar-refractivity contribution in [3.8, 4) is 17.2 Å². The average Bonchev–Trinajstić information content (AvgIpc) is 3.07. The Balaban J connectivity index is 2.15. The van der Waals surface area contributed by atoms with Crippen LogP contribution in [-0.4, -0.2) is 75.1 Å². The summed E-state index contributed by atoms with van der Waals surface area (Å²) < 4.78 is 16.0. The number of carbonyl (C=O) groups excluding carboxylic acids is 2. The zero-order chi connectivity index (χ0) is 24.1. The predicted octanol–water partition coefficient (Wildman–Crippen LogP) is 3.09. The van der Waals surface area contributed by atoms with E-state index in [0.29, 0.717) is 41.3 Å². The molecule has 0 aliphatic carbocycles. The summed E-state index contributed by atoms with van der Waals surface area (Å²) >= 11 is 0. The number of amides is 1. The van der Waals surface area contributed by atoms with Gasteiger partial charge < -0.3 is 29.1 Å². The molecule has 1 fully saturated rings. The van der Waals surface area contributed by atoms with Crippen molar-refractivity contribution in [2.75, 3.05) is 48.5 Å². The number of aliphatic hydroxyl groups excluding tert-OH is 1. The fourth-order valence-corrected chi connectivity index (χ4v) is 3.94. The van der Waals surface area contributed by atoms with Crippen molar-refractivity contribution >= 4 is 17.4 Å². The number of nitrogens with zero attached hydrogens (tertiary/aromatic N) is 2. The molecular formula is C25H30N2O6. The Labute approximate surface area is 194 Å². The molecule has 0 bridgehead atoms. The van der Waals surface area contributed by atoms with Crippen molar-refractivity contribution in [2.24, 2.45) is 0 Å². The Bertz CT molecular complexity index is 1050. The molecule has 2 aromatic rings. The largest absolute Gasteiger partial charge is 0.507 e. The van der Waals surface area contributed by atoms with Crippen molar-refractivity contribution < 1.29 is 28.9 Å². The molecule has 2 aromatic carbocycles. The van der Waals surface area contributed by atoms with Gasteiger partial charge in [-0.2, -0.15) is 0 Å². The van der Waals surface area contributed by atoms with Gasteiger partial charge in [-0.3, -0.25) is 9.59 Å². The molecule has 0 aromatic heterocycles. The molecule has 1 amide bonds. The summed E-state index contributed by atoms with van der Waals surface area (Å²) in [5, 5.41) is 11.2. The number of likely N-dealkylation sites (tertiary alicyclic amines) is 1. The van der Waals surface area contributed by atoms with E-state index in [0.717, 1.165) is 6.54 Å². The molecule has 1 heterocycles. The third-order valence-electron chi connectivity index (χ3n) is 5.64. The van der Waals surface area contributed by atoms with E-state index in [1.165, 1.54) is 12.0 Å². The zero-order valence-electron chi connectivity index (χ0n) is 19.6. The van der Waals surface area contributed by atoms with Crippen LogP contribution in [-0.2, 0) is 9.59 Å². The number of methoxy groups -OCH3 is 3. The maximum atomic E-state index is 13.1. The van der Waals surface area contributed by atoms with Gasteiger partial charge in [0.05, 0.1) is 32.9 Å². The fourth-order valence-electron chi connectivity index (χ4n) is 3.94. The highest BCUT2D eigenvalue weighted by Gasteiger charge is 2.46. The Hall–Kier alpha value is -3.52. The molecule has 1 atom stereocenters. The van der Waals surface area contributed by atoms with Gasteiger partial charge in [0.2, 0.25) is 0 Å². The summed E-state index contributed by atoms with van der Waals surface area (Å²) in [4.78, 5) is 29.7. The molecule has 0 unspecified atom stereocenters. The Morgan fingerprint density at radius 2 is 1.61 bits per heavy atom. The van der Waals surface area contributed by atoms with Gasteiger partial charge >= 0.3 is 0 Å². The highest BCUT2D eigenvalue weighted by atomic mass is 16.5. The van der Waals surface area contributed by atoms with Crippen LogP contribution in [0.3, 0.4) is 0 Å². The summed E-state index contributed by atoms with van der Waals surface area (Å²) in [5.41, 5.74) is 1.04. The second-order valence-electron chi connectivity index (χ2n) is 7.99. The highest BCUT2D eigenvalue weighted by molar-refractivity contribution is 6.46. The van der Waals surface area contributed by atoms with Crippen molar-refractivity contribution in [1.29, 1.82) is 0 Å². The summed E-state index contributed by atoms with van der Waals surface area (Å²) in [6.07, 6.45) is 0.664. The Morgan fingerprint density at radius 1 is 0.970 bits per heavy atom. The molecule has 33 heavy (non-hydrogen) atoms. The van der Waals surface area contributed by atoms with E-state index in [2.05, 4.69) is 0 Å². The van der Waals surface area contributed by atoms with Crippen LogP contribution in [0.5, 0.6) is 17.2 Å². The van der Waals surface area contributed by atoms with Crippen molar-refractivity contribution in [2.45, 2.75) is 12.5 Å². The van der Waals surface area contributed by atoms with Crippen molar-refractivity contribution in [3.05, 3.63) is 59.2 Å². The van der Waals surface area contributed by atoms with E-state index < -0.39 is 17.7 Å². The van der Waals surface area contributed by atoms with Crippen LogP contribution in [0.4, 0.5) is 0 Å². The third kappa shape index (κ3) is 4.96. The van der Waals surface area contributed by atoms with Gasteiger partial charge in [0.15, 0.2) is 0 Å². The summed E-state index contributed by atoms with van der Waals surface area (Å²) in [6, 6.07) is 11.1. The number of benzene rings is 2. The number of Topliss-reactive ketones (excluding diaryl/α,β-unsaturated/α-hetero) is 1. The lowest BCUT2D eigenvalue weighted by Gasteiger charge is -2.27. The topological polar surface area (TPSA) is 88.5 Å². The number of ketones is 1. The maximum absolute atomic E-state index is 13.1. The molecule has 1 N–H and O–H groups in total. The first-order valence-corrected chi connectivity index (χ1v) is 10.6. The summed E-state index contributed by atoms with van der Waals surface area (Å²) in [6.45, 7) is 1.09. The number of ether oxygens (including phenoxy) is 3. The third-order valence-corrected chi connectivity index (χ3v) is 5.64. The molecule has 1 aliphatic heterocycles. The van der Waals surface area contributed by atoms with Crippen LogP contribution >= 0.6 is 0 Å². The molecule has 8 nitrogen and oxygen atoms in total. The molecule has 0 radical (unpaired) electrons. The number of hydrogen-bond acceptors (Lipinski definition) is 7. The van der Waals surface area contributed by atoms with E-state index in [1.54, 1.807) is 56.7 Å². The SMILES string of the molecule is COc1ccc(C(O)=C2C(=O)C(=O)N(CCCN(C)C)[C@H]2c2ccc(OC)cc2OC)cc1. The first-order valence-electron chi connectivity index (χ1n) is 10.6. The van der Waals surface area contributed by atoms with Crippen molar-refractivity contribution in [3.63, 3.8) is 0 Å². The van der Waals surface area contributed by atoms with E-state index in [-0.39, 0.29) is 11.3 Å². The number of aliphatic hydroxyl groups is 1. The van der Waals surface area contributed by atoms with Gasteiger partial charge in [0.1, 0.15) is 23.0 Å². The van der Waals surface area contributed by atoms with Crippen LogP contribution in [0.15, 0.2) is 48.0 Å². The molecule has 8 heteroatoms. The number of hydrogen-bond donors (Lipinski definition) is 1. The lowest BCUT2D eigenvalue weighted by Crippen LogP contribution is -2.32. The van der Waals surface area contributed by atoms with E-state index >= 15 is 0 Å². The minimum absolute atomic E-state index is 0.0264. The second kappa shape index (κ2) is 10.4. The van der Waals surface area contributed by atoms with Gasteiger partial charge in [-0.25, -0.2) is 0 Å². The van der Waals surface area contributed by atoms with Crippen LogP contribution in [0.1, 0.15) is 23.6 Å². The van der Waals surface area contributed by atoms with Gasteiger partial charge in [-0.05, 0) is 63.5 Å². The van der Waals surface area contributed by atoms with Crippen LogP contribution < -0.4 is 14.2 Å². The predicted molar refractivity (Wildman–Crippen MR) is 125 cm³/mol. The van der Waals surface area contributed by atoms with Gasteiger partial charge in [-0.1, -0.05) is 0 Å². The van der Waals surface area contributed by atoms with Gasteiger partial charge in [0, 0.05) is 23.7 Å². The monoisotopic (exact) mass is 454 g/mol. The van der Waals surface area contributed by atoms with E-state index in [1.807, 2.05) is 19.0 Å². The lowest BCUT2D eigenvalue weighted by atomic mass is 9.94. The molecule has 0 spiro atoms. The van der Waals surface area contributed by atoms with Crippen molar-refractivity contribution in [1.82, 2.24) is 9.80 Å². The maximum Gasteiger partial charge on any atom is 0.295 e. The second-order valence-corrected chi connectivity index (χ2v) is 7.99. The first kappa shape index (κ1) is 24.1. The van der Waals surface area contributed by atoms with E-state index in [9.17, 15) is 14.7 Å². The standard InChI is InChI=1S/C25H30N2O6/c1-26(2)13-6-14-27-22(19-12-11-18(32-4)15-20(19)33-5)21(24(29)25(27)30)23(28)16-7-9-17(31-3)10-8-16/h7-12,15,22,28H,6,13-14H2,1-5H3/t22-/m0/s1. The summed E-state index contributed by atoms with van der Waals surface area (Å²) in [5.74, 6) is 0.0376. The quantitative estimate of drug-likeness (QED) is 0.354. The summed E-state index contributed by atoms with van der Waals surface area (Å²) in [7, 11) is 8.50. The molecule has 3 rings (SSSR count). The van der Waals surface area contributed by atoms with Crippen LogP contribution in [0.25, 0.3) is 5.76 Å².